The van der Waals surface area contributed by atoms with Crippen LogP contribution in [-0.2, 0) is 6.42 Å². The number of hydrogen-bond acceptors (Lipinski definition) is 3. The lowest BCUT2D eigenvalue weighted by Gasteiger charge is -2.02. The molecule has 0 aliphatic heterocycles. The Hall–Kier alpha value is -2.00. The van der Waals surface area contributed by atoms with E-state index in [0.717, 1.165) is 21.2 Å². The van der Waals surface area contributed by atoms with Gasteiger partial charge in [0.15, 0.2) is 5.78 Å². The zero-order valence-corrected chi connectivity index (χ0v) is 10.5. The predicted molar refractivity (Wildman–Crippen MR) is 74.1 cm³/mol. The highest BCUT2D eigenvalue weighted by molar-refractivity contribution is 7.17. The average Bonchev–Trinajstić information content (AvgIpc) is 2.87. The summed E-state index contributed by atoms with van der Waals surface area (Å²) >= 11 is 1.62. The van der Waals surface area contributed by atoms with E-state index >= 15 is 0 Å². The van der Waals surface area contributed by atoms with Crippen molar-refractivity contribution < 1.29 is 4.79 Å². The van der Waals surface area contributed by atoms with Crippen LogP contribution in [0.3, 0.4) is 0 Å². The summed E-state index contributed by atoms with van der Waals surface area (Å²) in [6, 6.07) is 11.7. The Morgan fingerprint density at radius 1 is 1.17 bits per heavy atom. The second-order valence-electron chi connectivity index (χ2n) is 4.11. The van der Waals surface area contributed by atoms with Gasteiger partial charge in [0.25, 0.3) is 0 Å². The molecule has 1 aromatic carbocycles. The van der Waals surface area contributed by atoms with Crippen LogP contribution in [0.5, 0.6) is 0 Å². The van der Waals surface area contributed by atoms with Crippen molar-refractivity contribution in [1.82, 2.24) is 4.98 Å². The van der Waals surface area contributed by atoms with Crippen LogP contribution >= 0.6 is 11.3 Å². The lowest BCUT2D eigenvalue weighted by atomic mass is 10.0. The molecule has 18 heavy (non-hydrogen) atoms. The molecule has 0 aliphatic carbocycles. The van der Waals surface area contributed by atoms with Crippen molar-refractivity contribution >= 4 is 27.2 Å². The molecule has 0 amide bonds. The smallest absolute Gasteiger partial charge is 0.168 e. The minimum absolute atomic E-state index is 0.149. The van der Waals surface area contributed by atoms with Crippen LogP contribution in [-0.4, -0.2) is 10.8 Å². The number of aromatic nitrogens is 1. The SMILES string of the molecule is O=C(Cc1cccnc1)c1cccc2ccsc12. The monoisotopic (exact) mass is 253 g/mol. The molecule has 0 aliphatic rings. The molecule has 0 fully saturated rings. The first-order chi connectivity index (χ1) is 8.84. The Labute approximate surface area is 109 Å². The molecular formula is C15H11NOS. The van der Waals surface area contributed by atoms with Gasteiger partial charge < -0.3 is 0 Å². The van der Waals surface area contributed by atoms with Crippen LogP contribution in [0.15, 0.2) is 54.2 Å². The number of carbonyl (C=O) groups is 1. The molecule has 3 aromatic rings. The van der Waals surface area contributed by atoms with Crippen molar-refractivity contribution in [3.05, 3.63) is 65.3 Å². The fourth-order valence-corrected chi connectivity index (χ4v) is 2.93. The van der Waals surface area contributed by atoms with E-state index in [0.29, 0.717) is 6.42 Å². The lowest BCUT2D eigenvalue weighted by Crippen LogP contribution is -2.03. The van der Waals surface area contributed by atoms with Gasteiger partial charge in [-0.2, -0.15) is 0 Å². The van der Waals surface area contributed by atoms with Gasteiger partial charge in [0.05, 0.1) is 0 Å². The Morgan fingerprint density at radius 3 is 2.94 bits per heavy atom. The van der Waals surface area contributed by atoms with Crippen LogP contribution in [0.4, 0.5) is 0 Å². The first kappa shape index (κ1) is 11.1. The molecule has 2 aromatic heterocycles. The van der Waals surface area contributed by atoms with E-state index in [1.807, 2.05) is 41.8 Å². The summed E-state index contributed by atoms with van der Waals surface area (Å²) in [7, 11) is 0. The molecule has 0 N–H and O–H groups in total. The normalized spacial score (nSPS) is 10.7. The van der Waals surface area contributed by atoms with E-state index in [1.165, 1.54) is 0 Å². The number of hydrogen-bond donors (Lipinski definition) is 0. The number of benzene rings is 1. The quantitative estimate of drug-likeness (QED) is 0.666. The molecule has 0 atom stereocenters. The summed E-state index contributed by atoms with van der Waals surface area (Å²) in [5.41, 5.74) is 1.77. The van der Waals surface area contributed by atoms with Gasteiger partial charge in [0.2, 0.25) is 0 Å². The maximum atomic E-state index is 12.3. The third-order valence-corrected chi connectivity index (χ3v) is 3.83. The van der Waals surface area contributed by atoms with E-state index in [1.54, 1.807) is 23.7 Å². The third-order valence-electron chi connectivity index (χ3n) is 2.87. The summed E-state index contributed by atoms with van der Waals surface area (Å²) in [4.78, 5) is 16.3. The predicted octanol–water partition coefficient (Wildman–Crippen LogP) is 3.72. The number of ketones is 1. The molecule has 88 valence electrons. The average molecular weight is 253 g/mol. The number of nitrogens with zero attached hydrogens (tertiary/aromatic N) is 1. The van der Waals surface area contributed by atoms with Crippen LogP contribution in [0.25, 0.3) is 10.1 Å². The minimum atomic E-state index is 0.149. The number of rotatable bonds is 3. The van der Waals surface area contributed by atoms with Crippen LogP contribution < -0.4 is 0 Å². The zero-order valence-electron chi connectivity index (χ0n) is 9.67. The van der Waals surface area contributed by atoms with Crippen molar-refractivity contribution in [3.63, 3.8) is 0 Å². The fraction of sp³-hybridized carbons (Fsp3) is 0.0667. The molecule has 0 unspecified atom stereocenters. The molecule has 2 nitrogen and oxygen atoms in total. The highest BCUT2D eigenvalue weighted by Crippen LogP contribution is 2.25. The molecule has 3 heteroatoms. The van der Waals surface area contributed by atoms with Gasteiger partial charge in [-0.1, -0.05) is 18.2 Å². The van der Waals surface area contributed by atoms with Crippen molar-refractivity contribution in [2.45, 2.75) is 6.42 Å². The summed E-state index contributed by atoms with van der Waals surface area (Å²) < 4.78 is 1.08. The topological polar surface area (TPSA) is 30.0 Å². The second-order valence-corrected chi connectivity index (χ2v) is 5.02. The molecular weight excluding hydrogens is 242 g/mol. The first-order valence-electron chi connectivity index (χ1n) is 5.73. The molecule has 0 radical (unpaired) electrons. The largest absolute Gasteiger partial charge is 0.294 e. The summed E-state index contributed by atoms with van der Waals surface area (Å²) in [6.07, 6.45) is 3.87. The van der Waals surface area contributed by atoms with Crippen LogP contribution in [0.1, 0.15) is 15.9 Å². The van der Waals surface area contributed by atoms with E-state index in [2.05, 4.69) is 4.98 Å². The van der Waals surface area contributed by atoms with Crippen molar-refractivity contribution in [1.29, 1.82) is 0 Å². The van der Waals surface area contributed by atoms with Gasteiger partial charge in [-0.3, -0.25) is 9.78 Å². The summed E-state index contributed by atoms with van der Waals surface area (Å²) in [5, 5.41) is 3.16. The first-order valence-corrected chi connectivity index (χ1v) is 6.61. The third kappa shape index (κ3) is 2.05. The highest BCUT2D eigenvalue weighted by atomic mass is 32.1. The second kappa shape index (κ2) is 4.70. The maximum Gasteiger partial charge on any atom is 0.168 e. The van der Waals surface area contributed by atoms with Crippen LogP contribution in [0, 0.1) is 0 Å². The lowest BCUT2D eigenvalue weighted by molar-refractivity contribution is 0.0994. The number of Topliss-reactive ketones (excluding diaryl/α,β-unsaturated/α-hetero) is 1. The van der Waals surface area contributed by atoms with E-state index in [9.17, 15) is 4.79 Å². The maximum absolute atomic E-state index is 12.3. The Bertz CT molecular complexity index is 688. The van der Waals surface area contributed by atoms with Gasteiger partial charge >= 0.3 is 0 Å². The van der Waals surface area contributed by atoms with E-state index < -0.39 is 0 Å². The number of fused-ring (bicyclic) bond motifs is 1. The molecule has 3 rings (SSSR count). The molecule has 0 saturated carbocycles. The standard InChI is InChI=1S/C15H11NOS/c17-14(9-11-3-2-7-16-10-11)13-5-1-4-12-6-8-18-15(12)13/h1-8,10H,9H2. The van der Waals surface area contributed by atoms with Crippen molar-refractivity contribution in [2.24, 2.45) is 0 Å². The van der Waals surface area contributed by atoms with Crippen LogP contribution in [0.2, 0.25) is 0 Å². The highest BCUT2D eigenvalue weighted by Gasteiger charge is 2.11. The van der Waals surface area contributed by atoms with E-state index in [4.69, 9.17) is 0 Å². The molecule has 2 heterocycles. The Balaban J connectivity index is 1.95. The molecule has 0 spiro atoms. The van der Waals surface area contributed by atoms with Gasteiger partial charge in [0, 0.05) is 29.1 Å². The van der Waals surface area contributed by atoms with Gasteiger partial charge in [-0.05, 0) is 34.5 Å². The molecule has 0 saturated heterocycles. The Morgan fingerprint density at radius 2 is 2.11 bits per heavy atom. The van der Waals surface area contributed by atoms with Crippen molar-refractivity contribution in [2.75, 3.05) is 0 Å². The van der Waals surface area contributed by atoms with Gasteiger partial charge in [-0.25, -0.2) is 0 Å². The van der Waals surface area contributed by atoms with Gasteiger partial charge in [-0.15, -0.1) is 11.3 Å². The fourth-order valence-electron chi connectivity index (χ4n) is 2.00. The van der Waals surface area contributed by atoms with Crippen molar-refractivity contribution in [3.8, 4) is 0 Å². The minimum Gasteiger partial charge on any atom is -0.294 e. The van der Waals surface area contributed by atoms with Gasteiger partial charge in [0.1, 0.15) is 0 Å². The zero-order chi connectivity index (χ0) is 12.4. The number of carbonyl (C=O) groups excluding carboxylic acids is 1. The summed E-state index contributed by atoms with van der Waals surface area (Å²) in [5.74, 6) is 0.149. The summed E-state index contributed by atoms with van der Waals surface area (Å²) in [6.45, 7) is 0. The number of pyridine rings is 1. The van der Waals surface area contributed by atoms with E-state index in [-0.39, 0.29) is 5.78 Å². The molecule has 0 bridgehead atoms. The number of thiophene rings is 1. The Kier molecular flexibility index (Phi) is 2.90.